The first kappa shape index (κ1) is 8.83. The van der Waals surface area contributed by atoms with E-state index >= 15 is 0 Å². The number of rotatable bonds is 0. The quantitative estimate of drug-likeness (QED) is 0.457. The van der Waals surface area contributed by atoms with Crippen LogP contribution in [0.1, 0.15) is 13.8 Å². The third-order valence-electron chi connectivity index (χ3n) is 1.48. The number of nitrogens with one attached hydrogen (secondary N) is 3. The Hall–Kier alpha value is -1.26. The maximum atomic E-state index is 4.30. The molecule has 1 heterocycles. The molecular formula is C7H15N5. The monoisotopic (exact) mass is 169 g/mol. The Morgan fingerprint density at radius 3 is 1.83 bits per heavy atom. The van der Waals surface area contributed by atoms with E-state index in [9.17, 15) is 0 Å². The fourth-order valence-electron chi connectivity index (χ4n) is 0.977. The molecule has 1 aliphatic heterocycles. The van der Waals surface area contributed by atoms with Gasteiger partial charge in [0, 0.05) is 14.1 Å². The van der Waals surface area contributed by atoms with E-state index < -0.39 is 0 Å². The van der Waals surface area contributed by atoms with Gasteiger partial charge in [0.15, 0.2) is 17.6 Å². The molecule has 12 heavy (non-hydrogen) atoms. The molecule has 1 aliphatic rings. The number of nitrogens with zero attached hydrogens (tertiary/aromatic N) is 2. The summed E-state index contributed by atoms with van der Waals surface area (Å²) in [4.78, 5) is 8.60. The van der Waals surface area contributed by atoms with E-state index in [1.165, 1.54) is 0 Å². The van der Waals surface area contributed by atoms with Gasteiger partial charge in [-0.25, -0.2) is 9.98 Å². The topological polar surface area (TPSA) is 60.8 Å². The second kappa shape index (κ2) is 3.00. The molecule has 5 heteroatoms. The third kappa shape index (κ3) is 1.87. The number of guanidine groups is 2. The molecule has 0 spiro atoms. The maximum absolute atomic E-state index is 4.30. The van der Waals surface area contributed by atoms with Gasteiger partial charge in [-0.2, -0.15) is 0 Å². The Morgan fingerprint density at radius 1 is 1.08 bits per heavy atom. The van der Waals surface area contributed by atoms with Crippen LogP contribution < -0.4 is 16.0 Å². The highest BCUT2D eigenvalue weighted by Gasteiger charge is 2.21. The molecule has 0 radical (unpaired) electrons. The molecule has 1 rings (SSSR count). The maximum Gasteiger partial charge on any atom is 0.200 e. The van der Waals surface area contributed by atoms with Gasteiger partial charge in [0.05, 0.1) is 0 Å². The third-order valence-corrected chi connectivity index (χ3v) is 1.48. The van der Waals surface area contributed by atoms with Gasteiger partial charge in [-0.3, -0.25) is 5.32 Å². The van der Waals surface area contributed by atoms with Crippen LogP contribution in [0.5, 0.6) is 0 Å². The summed E-state index contributed by atoms with van der Waals surface area (Å²) in [5.41, 5.74) is -0.387. The van der Waals surface area contributed by atoms with Crippen molar-refractivity contribution in [3.8, 4) is 0 Å². The fraction of sp³-hybridized carbons (Fsp3) is 0.714. The Labute approximate surface area is 72.4 Å². The van der Waals surface area contributed by atoms with Crippen molar-refractivity contribution in [3.63, 3.8) is 0 Å². The van der Waals surface area contributed by atoms with E-state index in [1.54, 1.807) is 0 Å². The van der Waals surface area contributed by atoms with Gasteiger partial charge >= 0.3 is 0 Å². The molecule has 0 saturated carbocycles. The van der Waals surface area contributed by atoms with Crippen LogP contribution in [0.15, 0.2) is 9.98 Å². The zero-order valence-corrected chi connectivity index (χ0v) is 7.89. The molecule has 0 fully saturated rings. The summed E-state index contributed by atoms with van der Waals surface area (Å²) in [6.45, 7) is 3.89. The van der Waals surface area contributed by atoms with Gasteiger partial charge in [-0.1, -0.05) is 0 Å². The van der Waals surface area contributed by atoms with Gasteiger partial charge in [-0.05, 0) is 13.8 Å². The van der Waals surface area contributed by atoms with Crippen LogP contribution in [0.3, 0.4) is 0 Å². The Balaban J connectivity index is 2.83. The smallest absolute Gasteiger partial charge is 0.200 e. The van der Waals surface area contributed by atoms with Crippen LogP contribution in [-0.2, 0) is 0 Å². The lowest BCUT2D eigenvalue weighted by Crippen LogP contribution is -2.50. The van der Waals surface area contributed by atoms with Crippen molar-refractivity contribution >= 4 is 11.9 Å². The summed E-state index contributed by atoms with van der Waals surface area (Å²) < 4.78 is 0. The van der Waals surface area contributed by atoms with Crippen LogP contribution >= 0.6 is 0 Å². The molecule has 0 unspecified atom stereocenters. The average molecular weight is 169 g/mol. The molecular weight excluding hydrogens is 154 g/mol. The molecule has 3 N–H and O–H groups in total. The largest absolute Gasteiger partial charge is 0.359 e. The molecule has 0 saturated heterocycles. The predicted molar refractivity (Wildman–Crippen MR) is 50.2 cm³/mol. The van der Waals surface area contributed by atoms with Crippen LogP contribution in [0, 0.1) is 0 Å². The summed E-state index contributed by atoms with van der Waals surface area (Å²) in [6.07, 6.45) is 0. The van der Waals surface area contributed by atoms with E-state index in [1.807, 2.05) is 27.9 Å². The first-order chi connectivity index (χ1) is 5.57. The van der Waals surface area contributed by atoms with Crippen LogP contribution in [0.25, 0.3) is 0 Å². The predicted octanol–water partition coefficient (Wildman–Crippen LogP) is -0.523. The second-order valence-corrected chi connectivity index (χ2v) is 3.04. The zero-order valence-electron chi connectivity index (χ0n) is 7.89. The summed E-state index contributed by atoms with van der Waals surface area (Å²) in [7, 11) is 3.64. The van der Waals surface area contributed by atoms with Gasteiger partial charge in [0.2, 0.25) is 0 Å². The van der Waals surface area contributed by atoms with Gasteiger partial charge in [-0.15, -0.1) is 0 Å². The molecule has 0 aliphatic carbocycles. The molecule has 0 aromatic rings. The normalized spacial score (nSPS) is 20.3. The van der Waals surface area contributed by atoms with Crippen molar-refractivity contribution < 1.29 is 0 Å². The number of hydrogen-bond donors (Lipinski definition) is 3. The van der Waals surface area contributed by atoms with Crippen molar-refractivity contribution in [2.24, 2.45) is 9.98 Å². The highest BCUT2D eigenvalue weighted by atomic mass is 15.3. The van der Waals surface area contributed by atoms with Gasteiger partial charge < -0.3 is 10.6 Å². The van der Waals surface area contributed by atoms with Crippen molar-refractivity contribution in [1.29, 1.82) is 0 Å². The van der Waals surface area contributed by atoms with Crippen LogP contribution in [0.2, 0.25) is 0 Å². The number of hydrogen-bond acceptors (Lipinski definition) is 5. The summed E-state index contributed by atoms with van der Waals surface area (Å²) in [5.74, 6) is 1.47. The Morgan fingerprint density at radius 2 is 1.50 bits per heavy atom. The highest BCUT2D eigenvalue weighted by Crippen LogP contribution is 2.12. The summed E-state index contributed by atoms with van der Waals surface area (Å²) in [5, 5.41) is 8.87. The SMILES string of the molecule is CNC1=NC(C)(C)N=C(NC)N1. The first-order valence-electron chi connectivity index (χ1n) is 3.89. The lowest BCUT2D eigenvalue weighted by atomic mass is 10.3. The zero-order chi connectivity index (χ0) is 9.19. The molecule has 0 amide bonds. The first-order valence-corrected chi connectivity index (χ1v) is 3.89. The molecule has 0 atom stereocenters. The van der Waals surface area contributed by atoms with E-state index in [0.717, 1.165) is 11.9 Å². The summed E-state index contributed by atoms with van der Waals surface area (Å²) in [6, 6.07) is 0. The molecule has 0 bridgehead atoms. The summed E-state index contributed by atoms with van der Waals surface area (Å²) >= 11 is 0. The van der Waals surface area contributed by atoms with E-state index in [0.29, 0.717) is 0 Å². The van der Waals surface area contributed by atoms with E-state index in [4.69, 9.17) is 0 Å². The fourth-order valence-corrected chi connectivity index (χ4v) is 0.977. The van der Waals surface area contributed by atoms with Gasteiger partial charge in [0.25, 0.3) is 0 Å². The van der Waals surface area contributed by atoms with Crippen molar-refractivity contribution in [2.75, 3.05) is 14.1 Å². The lowest BCUT2D eigenvalue weighted by molar-refractivity contribution is 0.534. The Kier molecular flexibility index (Phi) is 2.21. The van der Waals surface area contributed by atoms with Crippen LogP contribution in [0.4, 0.5) is 0 Å². The molecule has 0 aromatic heterocycles. The molecule has 0 aromatic carbocycles. The highest BCUT2D eigenvalue weighted by molar-refractivity contribution is 6.00. The van der Waals surface area contributed by atoms with Crippen molar-refractivity contribution in [2.45, 2.75) is 19.5 Å². The lowest BCUT2D eigenvalue weighted by Gasteiger charge is -2.24. The standard InChI is InChI=1S/C7H15N5/c1-7(2)11-5(8-3)10-6(9-4)12-7/h1-4H3,(H3,8,9,10,11,12). The molecule has 5 nitrogen and oxygen atoms in total. The van der Waals surface area contributed by atoms with Crippen molar-refractivity contribution in [1.82, 2.24) is 16.0 Å². The molecule has 68 valence electrons. The Bertz CT molecular complexity index is 206. The van der Waals surface area contributed by atoms with Crippen LogP contribution in [-0.4, -0.2) is 31.7 Å². The van der Waals surface area contributed by atoms with E-state index in [-0.39, 0.29) is 5.66 Å². The minimum Gasteiger partial charge on any atom is -0.359 e. The second-order valence-electron chi connectivity index (χ2n) is 3.04. The van der Waals surface area contributed by atoms with Gasteiger partial charge in [0.1, 0.15) is 0 Å². The average Bonchev–Trinajstić information content (AvgIpc) is 2.01. The minimum absolute atomic E-state index is 0.387. The van der Waals surface area contributed by atoms with Crippen molar-refractivity contribution in [3.05, 3.63) is 0 Å². The number of aliphatic imine (C=N–C) groups is 2. The minimum atomic E-state index is -0.387. The van der Waals surface area contributed by atoms with E-state index in [2.05, 4.69) is 25.9 Å².